The Bertz CT molecular complexity index is 2680. The molecule has 18 heteroatoms. The van der Waals surface area contributed by atoms with Crippen LogP contribution < -0.4 is 20.7 Å². The van der Waals surface area contributed by atoms with Gasteiger partial charge in [0.15, 0.2) is 11.5 Å². The highest BCUT2D eigenvalue weighted by Crippen LogP contribution is 2.35. The van der Waals surface area contributed by atoms with E-state index in [2.05, 4.69) is 40.9 Å². The number of halogens is 2. The molecule has 71 heavy (non-hydrogen) atoms. The van der Waals surface area contributed by atoms with Crippen molar-refractivity contribution in [3.05, 3.63) is 97.2 Å². The van der Waals surface area contributed by atoms with E-state index in [1.165, 1.54) is 7.11 Å². The Kier molecular flexibility index (Phi) is 18.3. The summed E-state index contributed by atoms with van der Waals surface area (Å²) in [7, 11) is 3.53. The van der Waals surface area contributed by atoms with Gasteiger partial charge in [0.25, 0.3) is 5.92 Å². The number of unbranched alkanes of at least 4 members (excludes halogenated alkanes) is 4. The molecular weight excluding hydrogens is 913 g/mol. The molecule has 2 fully saturated rings. The zero-order valence-corrected chi connectivity index (χ0v) is 41.0. The first-order chi connectivity index (χ1) is 34.3. The number of hydrogen-bond donors (Lipinski definition) is 3. The third-order valence-corrected chi connectivity index (χ3v) is 12.9. The van der Waals surface area contributed by atoms with Crippen molar-refractivity contribution in [1.82, 2.24) is 45.6 Å². The molecule has 16 nitrogen and oxygen atoms in total. The lowest BCUT2D eigenvalue weighted by Crippen LogP contribution is -2.52. The standard InChI is InChI=1S/C27H32F2N4O4.C26H33N5O3/c1-3-18(34)10-5-4-6-12-21(32-24(35)22-14-27(28,29)16-31-22)26-30-15-23(37-26)19-13-17-9-7-8-11-20(17)33-25(19)36-2;1-3-22(32)8-5-4-6-9-23(29-25(33)20-17-30(2)18-20)26-27-16-24(34-26)19-10-12-21(13-11-19)31-15-7-14-28-31/h7-9,11,13,15,21-22,31H,3-6,10,12,14,16H2,1-2H3,(H,32,35);7,10-16,20,23H,3-6,8-9,17-18H2,1-2H3,(H,29,33)/t21-,22-;23-/m00/s1. The topological polar surface area (TPSA) is 200 Å². The lowest BCUT2D eigenvalue weighted by atomic mass is 9.99. The highest BCUT2D eigenvalue weighted by atomic mass is 19.3. The second-order valence-electron chi connectivity index (χ2n) is 18.4. The van der Waals surface area contributed by atoms with E-state index in [1.54, 1.807) is 23.3 Å². The number of ether oxygens (including phenoxy) is 1. The van der Waals surface area contributed by atoms with Gasteiger partial charge in [-0.05, 0) is 75.2 Å². The van der Waals surface area contributed by atoms with Crippen LogP contribution >= 0.6 is 0 Å². The van der Waals surface area contributed by atoms with Crippen LogP contribution in [0.4, 0.5) is 8.78 Å². The predicted molar refractivity (Wildman–Crippen MR) is 264 cm³/mol. The van der Waals surface area contributed by atoms with Gasteiger partial charge in [-0.15, -0.1) is 0 Å². The van der Waals surface area contributed by atoms with Gasteiger partial charge in [0, 0.05) is 68.5 Å². The van der Waals surface area contributed by atoms with E-state index in [9.17, 15) is 28.0 Å². The summed E-state index contributed by atoms with van der Waals surface area (Å²) < 4.78 is 46.8. The second kappa shape index (κ2) is 24.9. The summed E-state index contributed by atoms with van der Waals surface area (Å²) in [5, 5.41) is 13.7. The molecule has 0 unspecified atom stereocenters. The number of alkyl halides is 2. The van der Waals surface area contributed by atoms with Crippen molar-refractivity contribution < 1.29 is 41.5 Å². The number of likely N-dealkylation sites (tertiary alicyclic amines) is 1. The molecule has 3 atom stereocenters. The normalized spacial score (nSPS) is 16.4. The highest BCUT2D eigenvalue weighted by Gasteiger charge is 2.43. The van der Waals surface area contributed by atoms with Crippen LogP contribution in [0.25, 0.3) is 39.2 Å². The number of carbonyl (C=O) groups is 4. The van der Waals surface area contributed by atoms with Gasteiger partial charge < -0.3 is 29.1 Å². The van der Waals surface area contributed by atoms with Gasteiger partial charge in [-0.3, -0.25) is 24.5 Å². The summed E-state index contributed by atoms with van der Waals surface area (Å²) in [5.41, 5.74) is 3.26. The highest BCUT2D eigenvalue weighted by molar-refractivity contribution is 5.85. The zero-order chi connectivity index (χ0) is 50.3. The molecule has 0 saturated carbocycles. The lowest BCUT2D eigenvalue weighted by molar-refractivity contribution is -0.130. The fourth-order valence-electron chi connectivity index (χ4n) is 8.68. The van der Waals surface area contributed by atoms with Crippen LogP contribution in [0.1, 0.15) is 121 Å². The Morgan fingerprint density at radius 1 is 0.817 bits per heavy atom. The van der Waals surface area contributed by atoms with Gasteiger partial charge in [0.2, 0.25) is 29.5 Å². The summed E-state index contributed by atoms with van der Waals surface area (Å²) >= 11 is 0. The Morgan fingerprint density at radius 3 is 2.01 bits per heavy atom. The van der Waals surface area contributed by atoms with E-state index in [1.807, 2.05) is 87.8 Å². The number of Topliss-reactive ketones (excluding diaryl/α,β-unsaturated/α-hetero) is 2. The Labute approximate surface area is 412 Å². The van der Waals surface area contributed by atoms with Crippen molar-refractivity contribution in [2.75, 3.05) is 33.8 Å². The number of pyridine rings is 1. The van der Waals surface area contributed by atoms with Gasteiger partial charge in [-0.25, -0.2) is 28.4 Å². The van der Waals surface area contributed by atoms with E-state index in [0.29, 0.717) is 73.2 Å². The molecule has 2 amide bonds. The molecule has 0 radical (unpaired) electrons. The minimum absolute atomic E-state index is 0.0129. The number of para-hydroxylation sites is 1. The van der Waals surface area contributed by atoms with Crippen LogP contribution in [0, 0.1) is 5.92 Å². The molecule has 8 rings (SSSR count). The molecule has 0 aliphatic carbocycles. The average molecular weight is 978 g/mol. The number of nitrogens with one attached hydrogen (secondary N) is 3. The fraction of sp³-hybridized carbons (Fsp3) is 0.472. The van der Waals surface area contributed by atoms with Crippen molar-refractivity contribution >= 4 is 34.3 Å². The Balaban J connectivity index is 0.000000209. The van der Waals surface area contributed by atoms with Gasteiger partial charge in [-0.1, -0.05) is 57.7 Å². The smallest absolute Gasteiger partial charge is 0.262 e. The molecule has 2 aromatic carbocycles. The van der Waals surface area contributed by atoms with Crippen LogP contribution in [0.3, 0.4) is 0 Å². The largest absolute Gasteiger partial charge is 0.480 e. The summed E-state index contributed by atoms with van der Waals surface area (Å²) in [6.07, 6.45) is 14.8. The van der Waals surface area contributed by atoms with Crippen molar-refractivity contribution in [2.45, 2.75) is 121 Å². The third-order valence-electron chi connectivity index (χ3n) is 12.9. The first-order valence-corrected chi connectivity index (χ1v) is 24.7. The number of benzene rings is 2. The van der Waals surface area contributed by atoms with E-state index < -0.39 is 36.9 Å². The minimum atomic E-state index is -2.92. The number of amides is 2. The SMILES string of the molecule is CCC(=O)CCCCC[C@H](NC(=O)C1CN(C)C1)c1ncc(-c2ccc(-n3cccn3)cc2)o1.CCC(=O)CCCCC[C@H](NC(=O)[C@@H]1CC(F)(F)CN1)c1ncc(-c2cc3ccccc3nc2OC)o1. The first-order valence-electron chi connectivity index (χ1n) is 24.7. The monoisotopic (exact) mass is 977 g/mol. The minimum Gasteiger partial charge on any atom is -0.480 e. The lowest BCUT2D eigenvalue weighted by Gasteiger charge is -2.35. The number of methoxy groups -OCH3 is 1. The molecule has 378 valence electrons. The number of ketones is 2. The summed E-state index contributed by atoms with van der Waals surface area (Å²) in [6.45, 7) is 4.76. The Morgan fingerprint density at radius 2 is 1.44 bits per heavy atom. The van der Waals surface area contributed by atoms with Crippen LogP contribution in [0.15, 0.2) is 94.3 Å². The summed E-state index contributed by atoms with van der Waals surface area (Å²) in [5.74, 6) is -0.604. The van der Waals surface area contributed by atoms with Crippen LogP contribution in [0.2, 0.25) is 0 Å². The number of aromatic nitrogens is 5. The van der Waals surface area contributed by atoms with Crippen LogP contribution in [-0.2, 0) is 19.2 Å². The van der Waals surface area contributed by atoms with Crippen molar-refractivity contribution in [1.29, 1.82) is 0 Å². The van der Waals surface area contributed by atoms with Crippen molar-refractivity contribution in [3.63, 3.8) is 0 Å². The molecule has 2 saturated heterocycles. The molecule has 2 aliphatic heterocycles. The van der Waals surface area contributed by atoms with E-state index in [-0.39, 0.29) is 29.5 Å². The number of hydrogen-bond acceptors (Lipinski definition) is 13. The maximum Gasteiger partial charge on any atom is 0.262 e. The zero-order valence-electron chi connectivity index (χ0n) is 41.0. The van der Waals surface area contributed by atoms with Crippen LogP contribution in [-0.4, -0.2) is 98.8 Å². The molecule has 0 bridgehead atoms. The van der Waals surface area contributed by atoms with Gasteiger partial charge in [-0.2, -0.15) is 5.10 Å². The quantitative estimate of drug-likeness (QED) is 0.0486. The van der Waals surface area contributed by atoms with Crippen molar-refractivity contribution in [2.24, 2.45) is 5.92 Å². The summed E-state index contributed by atoms with van der Waals surface area (Å²) in [6, 6.07) is 17.4. The van der Waals surface area contributed by atoms with Crippen LogP contribution in [0.5, 0.6) is 5.88 Å². The summed E-state index contributed by atoms with van der Waals surface area (Å²) in [4.78, 5) is 64.3. The fourth-order valence-corrected chi connectivity index (χ4v) is 8.68. The number of fused-ring (bicyclic) bond motifs is 1. The van der Waals surface area contributed by atoms with E-state index >= 15 is 0 Å². The maximum atomic E-state index is 13.7. The predicted octanol–water partition coefficient (Wildman–Crippen LogP) is 9.16. The molecule has 4 aromatic heterocycles. The third kappa shape index (κ3) is 14.5. The number of rotatable bonds is 24. The molecule has 3 N–H and O–H groups in total. The Hall–Kier alpha value is -6.66. The molecular formula is C53H65F2N9O7. The molecule has 0 spiro atoms. The molecule has 6 heterocycles. The second-order valence-corrected chi connectivity index (χ2v) is 18.4. The van der Waals surface area contributed by atoms with E-state index in [4.69, 9.17) is 13.6 Å². The first kappa shape index (κ1) is 52.2. The van der Waals surface area contributed by atoms with Gasteiger partial charge >= 0.3 is 0 Å². The molecule has 6 aromatic rings. The van der Waals surface area contributed by atoms with E-state index in [0.717, 1.165) is 73.8 Å². The van der Waals surface area contributed by atoms with Crippen molar-refractivity contribution in [3.8, 4) is 34.2 Å². The number of carbonyl (C=O) groups excluding carboxylic acids is 4. The average Bonchev–Trinajstić information content (AvgIpc) is 4.23. The maximum absolute atomic E-state index is 13.7. The molecule has 2 aliphatic rings. The van der Waals surface area contributed by atoms with Gasteiger partial charge in [0.05, 0.1) is 54.8 Å². The number of oxazole rings is 2. The number of nitrogens with zero attached hydrogens (tertiary/aromatic N) is 6. The van der Waals surface area contributed by atoms with Gasteiger partial charge in [0.1, 0.15) is 23.7 Å².